The summed E-state index contributed by atoms with van der Waals surface area (Å²) in [5, 5.41) is 3.12. The minimum absolute atomic E-state index is 0.0954. The molecular weight excluding hydrogens is 292 g/mol. The molecule has 2 rings (SSSR count). The van der Waals surface area contributed by atoms with Crippen molar-refractivity contribution >= 4 is 17.7 Å². The highest BCUT2D eigenvalue weighted by atomic mass is 32.2. The van der Waals surface area contributed by atoms with E-state index in [9.17, 15) is 4.79 Å². The number of hydrogen-bond donors (Lipinski definition) is 1. The smallest absolute Gasteiger partial charge is 0.237 e. The molecule has 3 nitrogen and oxygen atoms in total. The number of carbonyl (C=O) groups is 1. The number of benzene rings is 1. The first-order chi connectivity index (χ1) is 10.7. The van der Waals surface area contributed by atoms with Gasteiger partial charge in [0.05, 0.1) is 6.04 Å². The lowest BCUT2D eigenvalue weighted by Crippen LogP contribution is -2.50. The van der Waals surface area contributed by atoms with E-state index in [1.807, 2.05) is 0 Å². The summed E-state index contributed by atoms with van der Waals surface area (Å²) >= 11 is 1.80. The molecule has 4 heteroatoms. The van der Waals surface area contributed by atoms with E-state index in [4.69, 9.17) is 0 Å². The van der Waals surface area contributed by atoms with E-state index >= 15 is 0 Å². The molecule has 1 heterocycles. The van der Waals surface area contributed by atoms with Crippen LogP contribution in [0.25, 0.3) is 0 Å². The molecule has 1 aliphatic rings. The highest BCUT2D eigenvalue weighted by Crippen LogP contribution is 2.19. The monoisotopic (exact) mass is 320 g/mol. The summed E-state index contributed by atoms with van der Waals surface area (Å²) in [6, 6.07) is 8.65. The minimum atomic E-state index is 0.0954. The Hall–Kier alpha value is -1.00. The molecule has 22 heavy (non-hydrogen) atoms. The van der Waals surface area contributed by atoms with E-state index < -0.39 is 0 Å². The van der Waals surface area contributed by atoms with Crippen molar-refractivity contribution in [1.29, 1.82) is 0 Å². The zero-order valence-electron chi connectivity index (χ0n) is 13.8. The molecule has 1 amide bonds. The third-order valence-electron chi connectivity index (χ3n) is 4.12. The molecule has 1 saturated heterocycles. The average Bonchev–Trinajstić information content (AvgIpc) is 2.54. The van der Waals surface area contributed by atoms with E-state index in [-0.39, 0.29) is 11.9 Å². The van der Waals surface area contributed by atoms with Gasteiger partial charge in [-0.15, -0.1) is 11.8 Å². The number of thioether (sulfide) groups is 1. The maximum atomic E-state index is 12.4. The fraction of sp³-hybridized carbons (Fsp3) is 0.611. The normalized spacial score (nSPS) is 19.1. The molecular formula is C18H28N2OS. The topological polar surface area (TPSA) is 32.3 Å². The van der Waals surface area contributed by atoms with Crippen LogP contribution in [0, 0.1) is 6.92 Å². The van der Waals surface area contributed by atoms with Crippen LogP contribution in [0.3, 0.4) is 0 Å². The molecule has 0 radical (unpaired) electrons. The number of rotatable bonds is 7. The standard InChI is InChI=1S/C18H28N2OS/c1-3-12-20-13-5-4-6-17(20)18(21)19-11-14-22-16-9-7-15(2)8-10-16/h7-10,17H,3-6,11-14H2,1-2H3,(H,19,21). The lowest BCUT2D eigenvalue weighted by Gasteiger charge is -2.34. The molecule has 0 saturated carbocycles. The van der Waals surface area contributed by atoms with Crippen molar-refractivity contribution in [2.24, 2.45) is 0 Å². The number of aryl methyl sites for hydroxylation is 1. The van der Waals surface area contributed by atoms with Crippen LogP contribution in [-0.4, -0.2) is 42.2 Å². The molecule has 1 fully saturated rings. The predicted molar refractivity (Wildman–Crippen MR) is 94.4 cm³/mol. The Bertz CT molecular complexity index is 459. The summed E-state index contributed by atoms with van der Waals surface area (Å²) in [6.07, 6.45) is 4.54. The Balaban J connectivity index is 1.71. The van der Waals surface area contributed by atoms with E-state index in [0.717, 1.165) is 38.2 Å². The van der Waals surface area contributed by atoms with Gasteiger partial charge in [-0.05, 0) is 51.4 Å². The van der Waals surface area contributed by atoms with E-state index in [2.05, 4.69) is 48.3 Å². The van der Waals surface area contributed by atoms with Gasteiger partial charge in [0.2, 0.25) is 5.91 Å². The van der Waals surface area contributed by atoms with Gasteiger partial charge in [-0.25, -0.2) is 0 Å². The Morgan fingerprint density at radius 1 is 1.32 bits per heavy atom. The van der Waals surface area contributed by atoms with Gasteiger partial charge in [0.1, 0.15) is 0 Å². The van der Waals surface area contributed by atoms with Gasteiger partial charge >= 0.3 is 0 Å². The summed E-state index contributed by atoms with van der Waals surface area (Å²) in [6.45, 7) is 7.14. The molecule has 1 N–H and O–H groups in total. The van der Waals surface area contributed by atoms with E-state index in [1.54, 1.807) is 11.8 Å². The predicted octanol–water partition coefficient (Wildman–Crippen LogP) is 3.47. The Morgan fingerprint density at radius 2 is 2.09 bits per heavy atom. The summed E-state index contributed by atoms with van der Waals surface area (Å²) in [5.74, 6) is 1.15. The van der Waals surface area contributed by atoms with Gasteiger partial charge in [-0.2, -0.15) is 0 Å². The van der Waals surface area contributed by atoms with Gasteiger partial charge in [0.25, 0.3) is 0 Å². The summed E-state index contributed by atoms with van der Waals surface area (Å²) in [7, 11) is 0. The molecule has 1 aromatic rings. The first kappa shape index (κ1) is 17.4. The third kappa shape index (κ3) is 5.33. The molecule has 0 aliphatic carbocycles. The zero-order valence-corrected chi connectivity index (χ0v) is 14.6. The average molecular weight is 321 g/mol. The van der Waals surface area contributed by atoms with Gasteiger partial charge in [-0.3, -0.25) is 9.69 Å². The number of piperidine rings is 1. The first-order valence-electron chi connectivity index (χ1n) is 8.42. The van der Waals surface area contributed by atoms with Crippen LogP contribution in [0.5, 0.6) is 0 Å². The van der Waals surface area contributed by atoms with Crippen LogP contribution >= 0.6 is 11.8 Å². The number of likely N-dealkylation sites (tertiary alicyclic amines) is 1. The van der Waals surface area contributed by atoms with Gasteiger partial charge in [0.15, 0.2) is 0 Å². The maximum Gasteiger partial charge on any atom is 0.237 e. The highest BCUT2D eigenvalue weighted by Gasteiger charge is 2.27. The SMILES string of the molecule is CCCN1CCCCC1C(=O)NCCSc1ccc(C)cc1. The second-order valence-corrected chi connectivity index (χ2v) is 7.17. The van der Waals surface area contributed by atoms with Crippen LogP contribution in [0.2, 0.25) is 0 Å². The molecule has 0 aromatic heterocycles. The highest BCUT2D eigenvalue weighted by molar-refractivity contribution is 7.99. The van der Waals surface area contributed by atoms with Crippen LogP contribution in [0.4, 0.5) is 0 Å². The Morgan fingerprint density at radius 3 is 2.82 bits per heavy atom. The molecule has 1 unspecified atom stereocenters. The summed E-state index contributed by atoms with van der Waals surface area (Å²) in [4.78, 5) is 16.0. The van der Waals surface area contributed by atoms with E-state index in [0.29, 0.717) is 0 Å². The van der Waals surface area contributed by atoms with Crippen LogP contribution in [0.15, 0.2) is 29.2 Å². The van der Waals surface area contributed by atoms with Gasteiger partial charge in [-0.1, -0.05) is 31.0 Å². The maximum absolute atomic E-state index is 12.4. The first-order valence-corrected chi connectivity index (χ1v) is 9.40. The number of nitrogens with zero attached hydrogens (tertiary/aromatic N) is 1. The third-order valence-corrected chi connectivity index (χ3v) is 5.13. The van der Waals surface area contributed by atoms with Crippen molar-refractivity contribution in [3.8, 4) is 0 Å². The van der Waals surface area contributed by atoms with Crippen LogP contribution in [0.1, 0.15) is 38.2 Å². The molecule has 1 aromatic carbocycles. The number of amides is 1. The van der Waals surface area contributed by atoms with Crippen molar-refractivity contribution in [3.05, 3.63) is 29.8 Å². The molecule has 1 aliphatic heterocycles. The molecule has 1 atom stereocenters. The summed E-state index contributed by atoms with van der Waals surface area (Å²) < 4.78 is 0. The second-order valence-electron chi connectivity index (χ2n) is 6.00. The van der Waals surface area contributed by atoms with Gasteiger partial charge < -0.3 is 5.32 Å². The van der Waals surface area contributed by atoms with Crippen molar-refractivity contribution in [1.82, 2.24) is 10.2 Å². The lowest BCUT2D eigenvalue weighted by atomic mass is 10.0. The lowest BCUT2D eigenvalue weighted by molar-refractivity contribution is -0.127. The van der Waals surface area contributed by atoms with Crippen LogP contribution < -0.4 is 5.32 Å². The van der Waals surface area contributed by atoms with Crippen LogP contribution in [-0.2, 0) is 4.79 Å². The van der Waals surface area contributed by atoms with Crippen molar-refractivity contribution in [3.63, 3.8) is 0 Å². The number of nitrogens with one attached hydrogen (secondary N) is 1. The quantitative estimate of drug-likeness (QED) is 0.617. The fourth-order valence-electron chi connectivity index (χ4n) is 2.94. The van der Waals surface area contributed by atoms with Crippen molar-refractivity contribution in [2.45, 2.75) is 50.5 Å². The number of carbonyl (C=O) groups excluding carboxylic acids is 1. The van der Waals surface area contributed by atoms with Crippen molar-refractivity contribution in [2.75, 3.05) is 25.4 Å². The molecule has 0 bridgehead atoms. The van der Waals surface area contributed by atoms with Gasteiger partial charge in [0, 0.05) is 17.2 Å². The zero-order chi connectivity index (χ0) is 15.8. The fourth-order valence-corrected chi connectivity index (χ4v) is 3.71. The van der Waals surface area contributed by atoms with E-state index in [1.165, 1.54) is 23.3 Å². The second kappa shape index (κ2) is 9.21. The summed E-state index contributed by atoms with van der Waals surface area (Å²) in [5.41, 5.74) is 1.28. The van der Waals surface area contributed by atoms with Crippen molar-refractivity contribution < 1.29 is 4.79 Å². The largest absolute Gasteiger partial charge is 0.354 e. The molecule has 122 valence electrons. The number of hydrogen-bond acceptors (Lipinski definition) is 3. The Kier molecular flexibility index (Phi) is 7.26. The molecule has 0 spiro atoms. The minimum Gasteiger partial charge on any atom is -0.354 e. The Labute approximate surface area is 138 Å².